The molecule has 2 amide bonds. The Hall–Kier alpha value is -3.56. The van der Waals surface area contributed by atoms with Crippen LogP contribution in [-0.2, 0) is 9.59 Å². The van der Waals surface area contributed by atoms with Crippen molar-refractivity contribution in [3.8, 4) is 5.88 Å². The Balaban J connectivity index is 1.75. The SMILES string of the molecule is CCOc1ncccc1NC(=O)C1CC(=O)N(c2ccc(F)c([N+](=O)[O-])c2)C1. The predicted octanol–water partition coefficient (Wildman–Crippen LogP) is 2.52. The number of nitro benzene ring substituents is 1. The Morgan fingerprint density at radius 1 is 1.46 bits per heavy atom. The molecular weight excluding hydrogens is 371 g/mol. The highest BCUT2D eigenvalue weighted by Gasteiger charge is 2.36. The Morgan fingerprint density at radius 2 is 2.25 bits per heavy atom. The fraction of sp³-hybridized carbons (Fsp3) is 0.278. The van der Waals surface area contributed by atoms with Gasteiger partial charge in [-0.3, -0.25) is 19.7 Å². The van der Waals surface area contributed by atoms with Crippen LogP contribution in [0.15, 0.2) is 36.5 Å². The zero-order valence-electron chi connectivity index (χ0n) is 14.9. The number of ether oxygens (including phenoxy) is 1. The molecule has 1 aliphatic heterocycles. The van der Waals surface area contributed by atoms with Crippen molar-refractivity contribution in [3.63, 3.8) is 0 Å². The number of carbonyl (C=O) groups is 2. The van der Waals surface area contributed by atoms with Gasteiger partial charge in [0.15, 0.2) is 0 Å². The van der Waals surface area contributed by atoms with Crippen LogP contribution in [0, 0.1) is 21.8 Å². The van der Waals surface area contributed by atoms with Gasteiger partial charge in [-0.1, -0.05) is 0 Å². The number of hydrogen-bond acceptors (Lipinski definition) is 6. The zero-order chi connectivity index (χ0) is 20.3. The first-order chi connectivity index (χ1) is 13.4. The molecule has 0 saturated carbocycles. The lowest BCUT2D eigenvalue weighted by atomic mass is 10.1. The fourth-order valence-electron chi connectivity index (χ4n) is 2.91. The van der Waals surface area contributed by atoms with Crippen LogP contribution < -0.4 is 15.0 Å². The number of hydrogen-bond donors (Lipinski definition) is 1. The average Bonchev–Trinajstić information content (AvgIpc) is 3.05. The fourth-order valence-corrected chi connectivity index (χ4v) is 2.91. The van der Waals surface area contributed by atoms with Crippen molar-refractivity contribution in [2.75, 3.05) is 23.4 Å². The summed E-state index contributed by atoms with van der Waals surface area (Å²) in [6.45, 7) is 2.19. The van der Waals surface area contributed by atoms with Crippen molar-refractivity contribution in [3.05, 3.63) is 52.5 Å². The molecule has 10 heteroatoms. The Labute approximate surface area is 159 Å². The third-order valence-electron chi connectivity index (χ3n) is 4.24. The van der Waals surface area contributed by atoms with Gasteiger partial charge < -0.3 is 15.0 Å². The van der Waals surface area contributed by atoms with E-state index in [4.69, 9.17) is 4.74 Å². The van der Waals surface area contributed by atoms with E-state index in [1.165, 1.54) is 17.2 Å². The molecule has 0 radical (unpaired) electrons. The van der Waals surface area contributed by atoms with Gasteiger partial charge in [-0.2, -0.15) is 4.39 Å². The maximum Gasteiger partial charge on any atom is 0.306 e. The minimum absolute atomic E-state index is 0.0255. The summed E-state index contributed by atoms with van der Waals surface area (Å²) in [6.07, 6.45) is 1.46. The van der Waals surface area contributed by atoms with Crippen molar-refractivity contribution in [1.82, 2.24) is 4.98 Å². The molecule has 1 atom stereocenters. The van der Waals surface area contributed by atoms with Gasteiger partial charge in [0.1, 0.15) is 5.69 Å². The van der Waals surface area contributed by atoms with Gasteiger partial charge in [-0.15, -0.1) is 0 Å². The second-order valence-corrected chi connectivity index (χ2v) is 6.08. The monoisotopic (exact) mass is 388 g/mol. The molecule has 1 saturated heterocycles. The number of rotatable bonds is 6. The minimum atomic E-state index is -0.991. The molecule has 146 valence electrons. The van der Waals surface area contributed by atoms with E-state index >= 15 is 0 Å². The third kappa shape index (κ3) is 3.90. The van der Waals surface area contributed by atoms with Crippen LogP contribution in [0.3, 0.4) is 0 Å². The third-order valence-corrected chi connectivity index (χ3v) is 4.24. The second kappa shape index (κ2) is 7.99. The summed E-state index contributed by atoms with van der Waals surface area (Å²) < 4.78 is 18.9. The van der Waals surface area contributed by atoms with Gasteiger partial charge in [0.25, 0.3) is 0 Å². The van der Waals surface area contributed by atoms with Crippen molar-refractivity contribution < 1.29 is 23.6 Å². The molecule has 1 unspecified atom stereocenters. The summed E-state index contributed by atoms with van der Waals surface area (Å²) in [4.78, 5) is 40.2. The molecule has 3 rings (SSSR count). The van der Waals surface area contributed by atoms with Gasteiger partial charge in [0.05, 0.1) is 23.1 Å². The number of nitrogens with zero attached hydrogens (tertiary/aromatic N) is 3. The smallest absolute Gasteiger partial charge is 0.306 e. The molecule has 9 nitrogen and oxygen atoms in total. The lowest BCUT2D eigenvalue weighted by molar-refractivity contribution is -0.387. The normalized spacial score (nSPS) is 16.1. The maximum atomic E-state index is 13.5. The number of anilines is 2. The number of aromatic nitrogens is 1. The van der Waals surface area contributed by atoms with Gasteiger partial charge in [0, 0.05) is 25.2 Å². The number of nitrogens with one attached hydrogen (secondary N) is 1. The molecule has 0 bridgehead atoms. The van der Waals surface area contributed by atoms with Crippen LogP contribution in [0.4, 0.5) is 21.5 Å². The molecule has 1 aromatic carbocycles. The highest BCUT2D eigenvalue weighted by atomic mass is 19.1. The van der Waals surface area contributed by atoms with Crippen LogP contribution in [0.5, 0.6) is 5.88 Å². The lowest BCUT2D eigenvalue weighted by Crippen LogP contribution is -2.28. The van der Waals surface area contributed by atoms with E-state index in [0.717, 1.165) is 12.1 Å². The molecule has 0 spiro atoms. The molecule has 1 aliphatic rings. The van der Waals surface area contributed by atoms with Crippen molar-refractivity contribution in [2.45, 2.75) is 13.3 Å². The van der Waals surface area contributed by atoms with Crippen LogP contribution in [0.1, 0.15) is 13.3 Å². The summed E-state index contributed by atoms with van der Waals surface area (Å²) in [5.41, 5.74) is -0.169. The molecular formula is C18H17FN4O5. The predicted molar refractivity (Wildman–Crippen MR) is 97.6 cm³/mol. The summed E-state index contributed by atoms with van der Waals surface area (Å²) >= 11 is 0. The summed E-state index contributed by atoms with van der Waals surface area (Å²) in [5.74, 6) is -2.17. The first kappa shape index (κ1) is 19.2. The Bertz CT molecular complexity index is 936. The van der Waals surface area contributed by atoms with Crippen LogP contribution in [-0.4, -0.2) is 34.9 Å². The zero-order valence-corrected chi connectivity index (χ0v) is 14.9. The second-order valence-electron chi connectivity index (χ2n) is 6.08. The highest BCUT2D eigenvalue weighted by Crippen LogP contribution is 2.30. The summed E-state index contributed by atoms with van der Waals surface area (Å²) in [5, 5.41) is 13.6. The van der Waals surface area contributed by atoms with Crippen molar-refractivity contribution in [2.24, 2.45) is 5.92 Å². The molecule has 1 fully saturated rings. The molecule has 1 N–H and O–H groups in total. The maximum absolute atomic E-state index is 13.5. The lowest BCUT2D eigenvalue weighted by Gasteiger charge is -2.17. The number of amides is 2. The van der Waals surface area contributed by atoms with E-state index in [2.05, 4.69) is 10.3 Å². The van der Waals surface area contributed by atoms with Crippen LogP contribution in [0.25, 0.3) is 0 Å². The number of pyridine rings is 1. The van der Waals surface area contributed by atoms with Crippen LogP contribution >= 0.6 is 0 Å². The van der Waals surface area contributed by atoms with Gasteiger partial charge in [-0.05, 0) is 31.2 Å². The Morgan fingerprint density at radius 3 is 2.96 bits per heavy atom. The molecule has 1 aromatic heterocycles. The molecule has 0 aliphatic carbocycles. The number of halogens is 1. The number of nitro groups is 1. The summed E-state index contributed by atoms with van der Waals surface area (Å²) in [6, 6.07) is 6.46. The van der Waals surface area contributed by atoms with Crippen molar-refractivity contribution in [1.29, 1.82) is 0 Å². The average molecular weight is 388 g/mol. The largest absolute Gasteiger partial charge is 0.476 e. The van der Waals surface area contributed by atoms with E-state index in [-0.39, 0.29) is 30.4 Å². The Kier molecular flexibility index (Phi) is 5.48. The quantitative estimate of drug-likeness (QED) is 0.601. The number of benzene rings is 1. The van der Waals surface area contributed by atoms with Crippen molar-refractivity contribution >= 4 is 28.9 Å². The summed E-state index contributed by atoms with van der Waals surface area (Å²) in [7, 11) is 0. The first-order valence-corrected chi connectivity index (χ1v) is 8.53. The van der Waals surface area contributed by atoms with E-state index in [1.54, 1.807) is 19.1 Å². The molecule has 2 heterocycles. The van der Waals surface area contributed by atoms with E-state index in [0.29, 0.717) is 12.3 Å². The van der Waals surface area contributed by atoms with Crippen LogP contribution in [0.2, 0.25) is 0 Å². The highest BCUT2D eigenvalue weighted by molar-refractivity contribution is 6.03. The number of carbonyl (C=O) groups excluding carboxylic acids is 2. The van der Waals surface area contributed by atoms with E-state index in [9.17, 15) is 24.1 Å². The van der Waals surface area contributed by atoms with E-state index in [1.807, 2.05) is 0 Å². The van der Waals surface area contributed by atoms with Gasteiger partial charge in [0.2, 0.25) is 23.5 Å². The molecule has 28 heavy (non-hydrogen) atoms. The first-order valence-electron chi connectivity index (χ1n) is 8.53. The van der Waals surface area contributed by atoms with E-state index < -0.39 is 28.3 Å². The van der Waals surface area contributed by atoms with Gasteiger partial charge in [-0.25, -0.2) is 4.98 Å². The van der Waals surface area contributed by atoms with Gasteiger partial charge >= 0.3 is 5.69 Å². The topological polar surface area (TPSA) is 115 Å². The standard InChI is InChI=1S/C18H17FN4O5/c1-2-28-18-14(4-3-7-20-18)21-17(25)11-8-16(24)22(10-11)12-5-6-13(19)15(9-12)23(26)27/h3-7,9,11H,2,8,10H2,1H3,(H,21,25). The molecule has 2 aromatic rings. The minimum Gasteiger partial charge on any atom is -0.476 e.